The molecule has 25 heavy (non-hydrogen) atoms. The molecule has 0 aliphatic rings. The number of hydrogen-bond acceptors (Lipinski definition) is 3. The molecule has 0 saturated carbocycles. The van der Waals surface area contributed by atoms with Crippen molar-refractivity contribution in [3.63, 3.8) is 0 Å². The summed E-state index contributed by atoms with van der Waals surface area (Å²) in [5.41, 5.74) is 0.680. The van der Waals surface area contributed by atoms with E-state index < -0.39 is 0 Å². The fraction of sp³-hybridized carbons (Fsp3) is 0.400. The van der Waals surface area contributed by atoms with Crippen molar-refractivity contribution < 1.29 is 9.53 Å². The molecule has 3 nitrogen and oxygen atoms in total. The van der Waals surface area contributed by atoms with E-state index in [2.05, 4.69) is 43.4 Å². The van der Waals surface area contributed by atoms with E-state index in [1.54, 1.807) is 6.20 Å². The number of rotatable bonds is 10. The van der Waals surface area contributed by atoms with Gasteiger partial charge in [-0.15, -0.1) is 6.58 Å². The molecule has 0 saturated heterocycles. The van der Waals surface area contributed by atoms with Crippen LogP contribution in [0.5, 0.6) is 5.75 Å². The highest BCUT2D eigenvalue weighted by Gasteiger charge is 2.15. The summed E-state index contributed by atoms with van der Waals surface area (Å²) in [4.78, 5) is 16.5. The highest BCUT2D eigenvalue weighted by molar-refractivity contribution is 9.11. The van der Waals surface area contributed by atoms with E-state index in [-0.39, 0.29) is 5.97 Å². The number of fused-ring (bicyclic) bond motifs is 1. The Morgan fingerprint density at radius 2 is 1.84 bits per heavy atom. The highest BCUT2D eigenvalue weighted by atomic mass is 79.9. The van der Waals surface area contributed by atoms with Crippen molar-refractivity contribution in [1.29, 1.82) is 0 Å². The van der Waals surface area contributed by atoms with Gasteiger partial charge in [0.1, 0.15) is 5.52 Å². The van der Waals surface area contributed by atoms with Crippen LogP contribution in [0.3, 0.4) is 0 Å². The lowest BCUT2D eigenvalue weighted by Gasteiger charge is -2.10. The van der Waals surface area contributed by atoms with Crippen molar-refractivity contribution in [2.75, 3.05) is 0 Å². The molecule has 134 valence electrons. The summed E-state index contributed by atoms with van der Waals surface area (Å²) in [6.45, 7) is 3.73. The van der Waals surface area contributed by atoms with Crippen LogP contribution in [0.15, 0.2) is 46.0 Å². The van der Waals surface area contributed by atoms with Crippen LogP contribution in [0.1, 0.15) is 51.4 Å². The van der Waals surface area contributed by atoms with Gasteiger partial charge in [-0.3, -0.25) is 9.78 Å². The summed E-state index contributed by atoms with van der Waals surface area (Å²) >= 11 is 6.98. The maximum atomic E-state index is 12.2. The van der Waals surface area contributed by atoms with Gasteiger partial charge < -0.3 is 4.74 Å². The Hall–Kier alpha value is -1.20. The summed E-state index contributed by atoms with van der Waals surface area (Å²) in [5.74, 6) is 0.287. The predicted molar refractivity (Wildman–Crippen MR) is 110 cm³/mol. The lowest BCUT2D eigenvalue weighted by Crippen LogP contribution is -2.08. The second kappa shape index (κ2) is 10.7. The molecular formula is C20H23Br2NO2. The first-order chi connectivity index (χ1) is 12.1. The molecule has 0 atom stereocenters. The lowest BCUT2D eigenvalue weighted by molar-refractivity contribution is -0.134. The Balaban J connectivity index is 1.83. The van der Waals surface area contributed by atoms with Crippen LogP contribution in [0.2, 0.25) is 0 Å². The highest BCUT2D eigenvalue weighted by Crippen LogP contribution is 2.37. The van der Waals surface area contributed by atoms with Crippen molar-refractivity contribution >= 4 is 48.7 Å². The van der Waals surface area contributed by atoms with E-state index in [4.69, 9.17) is 4.74 Å². The van der Waals surface area contributed by atoms with Crippen molar-refractivity contribution in [1.82, 2.24) is 4.98 Å². The summed E-state index contributed by atoms with van der Waals surface area (Å²) < 4.78 is 7.23. The molecular weight excluding hydrogens is 446 g/mol. The van der Waals surface area contributed by atoms with E-state index >= 15 is 0 Å². The number of nitrogens with zero attached hydrogens (tertiary/aromatic N) is 1. The second-order valence-electron chi connectivity index (χ2n) is 5.99. The molecule has 0 radical (unpaired) electrons. The first-order valence-corrected chi connectivity index (χ1v) is 10.3. The first kappa shape index (κ1) is 20.1. The summed E-state index contributed by atoms with van der Waals surface area (Å²) in [6, 6.07) is 5.69. The van der Waals surface area contributed by atoms with Crippen LogP contribution in [0.4, 0.5) is 0 Å². The minimum Gasteiger partial charge on any atom is -0.423 e. The van der Waals surface area contributed by atoms with Gasteiger partial charge in [-0.2, -0.15) is 0 Å². The SMILES string of the molecule is C=CCCCCCCCCC(=O)Oc1c(Br)cc(Br)c2cccnc12. The number of esters is 1. The van der Waals surface area contributed by atoms with Gasteiger partial charge in [-0.05, 0) is 47.3 Å². The number of pyridine rings is 1. The number of hydrogen-bond donors (Lipinski definition) is 0. The molecule has 1 aromatic carbocycles. The van der Waals surface area contributed by atoms with E-state index in [1.165, 1.54) is 19.3 Å². The number of benzene rings is 1. The fourth-order valence-electron chi connectivity index (χ4n) is 2.67. The first-order valence-electron chi connectivity index (χ1n) is 8.67. The number of allylic oxidation sites excluding steroid dienone is 1. The molecule has 0 bridgehead atoms. The fourth-order valence-corrected chi connectivity index (χ4v) is 4.03. The molecule has 0 fully saturated rings. The molecule has 1 aromatic heterocycles. The van der Waals surface area contributed by atoms with Crippen molar-refractivity contribution in [2.24, 2.45) is 0 Å². The molecule has 0 unspecified atom stereocenters. The average molecular weight is 469 g/mol. The Morgan fingerprint density at radius 3 is 2.60 bits per heavy atom. The van der Waals surface area contributed by atoms with Gasteiger partial charge in [0.25, 0.3) is 0 Å². The maximum Gasteiger partial charge on any atom is 0.311 e. The van der Waals surface area contributed by atoms with Gasteiger partial charge >= 0.3 is 5.97 Å². The molecule has 0 amide bonds. The Morgan fingerprint density at radius 1 is 1.12 bits per heavy atom. The second-order valence-corrected chi connectivity index (χ2v) is 7.70. The van der Waals surface area contributed by atoms with Crippen LogP contribution in [-0.2, 0) is 4.79 Å². The molecule has 2 aromatic rings. The van der Waals surface area contributed by atoms with Crippen molar-refractivity contribution in [3.05, 3.63) is 46.0 Å². The third-order valence-electron chi connectivity index (χ3n) is 4.01. The number of ether oxygens (including phenoxy) is 1. The monoisotopic (exact) mass is 467 g/mol. The van der Waals surface area contributed by atoms with Gasteiger partial charge in [0.05, 0.1) is 4.47 Å². The third kappa shape index (κ3) is 6.23. The van der Waals surface area contributed by atoms with E-state index in [1.807, 2.05) is 24.3 Å². The van der Waals surface area contributed by atoms with Gasteiger partial charge in [0.2, 0.25) is 0 Å². The molecule has 0 aliphatic heterocycles. The van der Waals surface area contributed by atoms with E-state index in [9.17, 15) is 4.79 Å². The molecule has 5 heteroatoms. The Bertz CT molecular complexity index is 731. The normalized spacial score (nSPS) is 10.8. The summed E-state index contributed by atoms with van der Waals surface area (Å²) in [5, 5.41) is 0.924. The van der Waals surface area contributed by atoms with Crippen molar-refractivity contribution in [3.8, 4) is 5.75 Å². The molecule has 0 spiro atoms. The summed E-state index contributed by atoms with van der Waals surface area (Å²) in [6.07, 6.45) is 11.9. The Labute approximate surface area is 166 Å². The van der Waals surface area contributed by atoms with Crippen LogP contribution in [-0.4, -0.2) is 11.0 Å². The predicted octanol–water partition coefficient (Wildman–Crippen LogP) is 6.97. The summed E-state index contributed by atoms with van der Waals surface area (Å²) in [7, 11) is 0. The molecule has 2 rings (SSSR count). The zero-order chi connectivity index (χ0) is 18.1. The topological polar surface area (TPSA) is 39.2 Å². The average Bonchev–Trinajstić information content (AvgIpc) is 2.61. The third-order valence-corrected chi connectivity index (χ3v) is 5.25. The Kier molecular flexibility index (Phi) is 8.62. The van der Waals surface area contributed by atoms with Gasteiger partial charge in [0, 0.05) is 22.5 Å². The standard InChI is InChI=1S/C20H23Br2NO2/c1-2-3-4-5-6-7-8-9-12-18(24)25-20-17(22)14-16(21)15-11-10-13-23-19(15)20/h2,10-11,13-14H,1,3-9,12H2. The largest absolute Gasteiger partial charge is 0.423 e. The zero-order valence-corrected chi connectivity index (χ0v) is 17.4. The molecule has 1 heterocycles. The lowest BCUT2D eigenvalue weighted by atomic mass is 10.1. The number of aromatic nitrogens is 1. The van der Waals surface area contributed by atoms with Gasteiger partial charge in [0.15, 0.2) is 5.75 Å². The number of halogens is 2. The van der Waals surface area contributed by atoms with Crippen LogP contribution >= 0.6 is 31.9 Å². The van der Waals surface area contributed by atoms with Gasteiger partial charge in [-0.25, -0.2) is 0 Å². The number of carbonyl (C=O) groups excluding carboxylic acids is 1. The van der Waals surface area contributed by atoms with E-state index in [0.29, 0.717) is 17.7 Å². The van der Waals surface area contributed by atoms with Gasteiger partial charge in [-0.1, -0.05) is 53.8 Å². The molecule has 0 aliphatic carbocycles. The van der Waals surface area contributed by atoms with Crippen LogP contribution < -0.4 is 4.74 Å². The van der Waals surface area contributed by atoms with Crippen LogP contribution in [0.25, 0.3) is 10.9 Å². The maximum absolute atomic E-state index is 12.2. The molecule has 0 N–H and O–H groups in total. The number of unbranched alkanes of at least 4 members (excludes halogenated alkanes) is 6. The smallest absolute Gasteiger partial charge is 0.311 e. The zero-order valence-electron chi connectivity index (χ0n) is 14.3. The van der Waals surface area contributed by atoms with Crippen molar-refractivity contribution in [2.45, 2.75) is 51.4 Å². The number of carbonyl (C=O) groups is 1. The minimum absolute atomic E-state index is 0.207. The quantitative estimate of drug-likeness (QED) is 0.163. The minimum atomic E-state index is -0.207. The van der Waals surface area contributed by atoms with E-state index in [0.717, 1.165) is 40.0 Å². The van der Waals surface area contributed by atoms with Crippen LogP contribution in [0, 0.1) is 0 Å².